The molecule has 0 unspecified atom stereocenters. The lowest BCUT2D eigenvalue weighted by Gasteiger charge is -2.10. The zero-order chi connectivity index (χ0) is 21.3. The number of nitrogens with one attached hydrogen (secondary N) is 1. The molecule has 3 aromatic rings. The third-order valence-electron chi connectivity index (χ3n) is 3.86. The van der Waals surface area contributed by atoms with Crippen molar-refractivity contribution in [3.05, 3.63) is 75.4 Å². The first kappa shape index (κ1) is 20.6. The number of amides is 1. The second-order valence-corrected chi connectivity index (χ2v) is 6.09. The van der Waals surface area contributed by atoms with Crippen LogP contribution in [0, 0.1) is 36.0 Å². The first-order chi connectivity index (χ1) is 13.7. The van der Waals surface area contributed by atoms with E-state index in [1.807, 2.05) is 0 Å². The van der Waals surface area contributed by atoms with Gasteiger partial charge in [0.25, 0.3) is 5.91 Å². The second-order valence-electron chi connectivity index (χ2n) is 5.68. The Kier molecular flexibility index (Phi) is 5.73. The number of hydrogen-bond acceptors (Lipinski definition) is 4. The summed E-state index contributed by atoms with van der Waals surface area (Å²) in [5.41, 5.74) is -1.88. The molecule has 0 atom stereocenters. The van der Waals surface area contributed by atoms with Gasteiger partial charge in [-0.3, -0.25) is 4.79 Å². The van der Waals surface area contributed by atoms with Crippen molar-refractivity contribution < 1.29 is 36.0 Å². The number of hydrogen-bond donors (Lipinski definition) is 1. The Bertz CT molecular complexity index is 1070. The van der Waals surface area contributed by atoms with Crippen molar-refractivity contribution in [2.45, 2.75) is 13.5 Å². The summed E-state index contributed by atoms with van der Waals surface area (Å²) in [7, 11) is 0. The molecule has 1 aromatic heterocycles. The third kappa shape index (κ3) is 3.88. The molecule has 0 saturated heterocycles. The molecule has 0 aliphatic carbocycles. The van der Waals surface area contributed by atoms with E-state index in [2.05, 4.69) is 5.16 Å². The summed E-state index contributed by atoms with van der Waals surface area (Å²) in [6.07, 6.45) is 0. The molecule has 0 saturated carbocycles. The van der Waals surface area contributed by atoms with E-state index >= 15 is 0 Å². The van der Waals surface area contributed by atoms with Crippen LogP contribution in [-0.4, -0.2) is 11.1 Å². The number of aromatic nitrogens is 1. The number of ether oxygens (including phenoxy) is 1. The zero-order valence-electron chi connectivity index (χ0n) is 14.5. The number of para-hydroxylation sites is 1. The number of benzene rings is 2. The average molecular weight is 433 g/mol. The van der Waals surface area contributed by atoms with Gasteiger partial charge in [0.1, 0.15) is 23.8 Å². The molecule has 29 heavy (non-hydrogen) atoms. The highest BCUT2D eigenvalue weighted by Gasteiger charge is 2.29. The van der Waals surface area contributed by atoms with Crippen molar-refractivity contribution >= 4 is 23.2 Å². The standard InChI is InChI=1S/C18H10ClF5N2O3/c1-7-8(6-28-10-5-3-2-4-9(10)19)16(26-29-7)18(27)25-17-14(23)12(21)11(20)13(22)15(17)24/h2-5H,6H2,1H3,(H,25,27). The highest BCUT2D eigenvalue weighted by atomic mass is 35.5. The number of halogens is 6. The highest BCUT2D eigenvalue weighted by Crippen LogP contribution is 2.29. The number of carbonyl (C=O) groups is 1. The van der Waals surface area contributed by atoms with E-state index < -0.39 is 46.4 Å². The van der Waals surface area contributed by atoms with E-state index in [4.69, 9.17) is 20.9 Å². The van der Waals surface area contributed by atoms with Crippen molar-refractivity contribution in [3.63, 3.8) is 0 Å². The van der Waals surface area contributed by atoms with Gasteiger partial charge in [-0.2, -0.15) is 0 Å². The molecule has 0 fully saturated rings. The van der Waals surface area contributed by atoms with Crippen LogP contribution in [0.3, 0.4) is 0 Å². The second kappa shape index (κ2) is 8.08. The average Bonchev–Trinajstić information content (AvgIpc) is 3.08. The fourth-order valence-corrected chi connectivity index (χ4v) is 2.53. The lowest BCUT2D eigenvalue weighted by molar-refractivity contribution is 0.101. The van der Waals surface area contributed by atoms with Gasteiger partial charge in [0.15, 0.2) is 29.0 Å². The molecule has 0 aliphatic rings. The van der Waals surface area contributed by atoms with E-state index in [0.29, 0.717) is 0 Å². The largest absolute Gasteiger partial charge is 0.487 e. The Morgan fingerprint density at radius 3 is 2.28 bits per heavy atom. The molecule has 2 aromatic carbocycles. The molecule has 3 rings (SSSR count). The number of nitrogens with zero attached hydrogens (tertiary/aromatic N) is 1. The maximum absolute atomic E-state index is 13.8. The maximum atomic E-state index is 13.8. The number of anilines is 1. The molecule has 1 heterocycles. The summed E-state index contributed by atoms with van der Waals surface area (Å²) in [5.74, 6) is -12.0. The van der Waals surface area contributed by atoms with Gasteiger partial charge in [0.2, 0.25) is 5.82 Å². The summed E-state index contributed by atoms with van der Waals surface area (Å²) in [4.78, 5) is 12.4. The minimum Gasteiger partial charge on any atom is -0.487 e. The lowest BCUT2D eigenvalue weighted by atomic mass is 10.2. The molecule has 1 amide bonds. The number of carbonyl (C=O) groups excluding carboxylic acids is 1. The van der Waals surface area contributed by atoms with Crippen LogP contribution in [0.2, 0.25) is 5.02 Å². The van der Waals surface area contributed by atoms with Gasteiger partial charge in [0, 0.05) is 0 Å². The Morgan fingerprint density at radius 2 is 1.66 bits per heavy atom. The van der Waals surface area contributed by atoms with Gasteiger partial charge in [-0.1, -0.05) is 28.9 Å². The van der Waals surface area contributed by atoms with Crippen LogP contribution in [0.15, 0.2) is 28.8 Å². The monoisotopic (exact) mass is 432 g/mol. The van der Waals surface area contributed by atoms with Crippen molar-refractivity contribution in [3.8, 4) is 5.75 Å². The van der Waals surface area contributed by atoms with Gasteiger partial charge < -0.3 is 14.6 Å². The van der Waals surface area contributed by atoms with Crippen LogP contribution in [0.1, 0.15) is 21.8 Å². The van der Waals surface area contributed by atoms with E-state index in [1.165, 1.54) is 6.92 Å². The Balaban J connectivity index is 1.88. The fourth-order valence-electron chi connectivity index (χ4n) is 2.34. The number of rotatable bonds is 5. The first-order valence-electron chi connectivity index (χ1n) is 7.87. The summed E-state index contributed by atoms with van der Waals surface area (Å²) >= 11 is 5.96. The maximum Gasteiger partial charge on any atom is 0.278 e. The highest BCUT2D eigenvalue weighted by molar-refractivity contribution is 6.32. The Labute approximate surface area is 165 Å². The van der Waals surface area contributed by atoms with E-state index in [9.17, 15) is 26.7 Å². The Morgan fingerprint density at radius 1 is 1.07 bits per heavy atom. The van der Waals surface area contributed by atoms with Gasteiger partial charge in [-0.15, -0.1) is 0 Å². The predicted octanol–water partition coefficient (Wildman–Crippen LogP) is 5.16. The quantitative estimate of drug-likeness (QED) is 0.343. The minimum atomic E-state index is -2.34. The van der Waals surface area contributed by atoms with Crippen molar-refractivity contribution in [2.24, 2.45) is 0 Å². The van der Waals surface area contributed by atoms with Crippen molar-refractivity contribution in [1.29, 1.82) is 0 Å². The fraction of sp³-hybridized carbons (Fsp3) is 0.111. The summed E-state index contributed by atoms with van der Waals surface area (Å²) in [5, 5.41) is 5.38. The summed E-state index contributed by atoms with van der Waals surface area (Å²) in [6.45, 7) is 1.17. The molecule has 152 valence electrons. The normalized spacial score (nSPS) is 10.9. The van der Waals surface area contributed by atoms with Gasteiger partial charge in [-0.25, -0.2) is 22.0 Å². The molecule has 0 spiro atoms. The molecule has 0 bridgehead atoms. The minimum absolute atomic E-state index is 0.0892. The summed E-state index contributed by atoms with van der Waals surface area (Å²) < 4.78 is 77.7. The molecule has 0 radical (unpaired) electrons. The molecule has 5 nitrogen and oxygen atoms in total. The van der Waals surface area contributed by atoms with Crippen LogP contribution in [-0.2, 0) is 6.61 Å². The van der Waals surface area contributed by atoms with Crippen LogP contribution >= 0.6 is 11.6 Å². The van der Waals surface area contributed by atoms with Crippen molar-refractivity contribution in [2.75, 3.05) is 5.32 Å². The van der Waals surface area contributed by atoms with Crippen molar-refractivity contribution in [1.82, 2.24) is 5.16 Å². The molecule has 0 aliphatic heterocycles. The van der Waals surface area contributed by atoms with E-state index in [-0.39, 0.29) is 28.7 Å². The first-order valence-corrected chi connectivity index (χ1v) is 8.25. The molecule has 11 heteroatoms. The van der Waals surface area contributed by atoms with E-state index in [1.54, 1.807) is 29.6 Å². The third-order valence-corrected chi connectivity index (χ3v) is 4.17. The zero-order valence-corrected chi connectivity index (χ0v) is 15.2. The van der Waals surface area contributed by atoms with Gasteiger partial charge in [0.05, 0.1) is 10.6 Å². The number of aryl methyl sites for hydroxylation is 1. The van der Waals surface area contributed by atoms with Gasteiger partial charge in [-0.05, 0) is 19.1 Å². The molecular weight excluding hydrogens is 423 g/mol. The predicted molar refractivity (Wildman–Crippen MR) is 91.2 cm³/mol. The van der Waals surface area contributed by atoms with Crippen LogP contribution < -0.4 is 10.1 Å². The topological polar surface area (TPSA) is 64.4 Å². The lowest BCUT2D eigenvalue weighted by Crippen LogP contribution is -2.19. The summed E-state index contributed by atoms with van der Waals surface area (Å²) in [6, 6.07) is 6.44. The SMILES string of the molecule is Cc1onc(C(=O)Nc2c(F)c(F)c(F)c(F)c2F)c1COc1ccccc1Cl. The van der Waals surface area contributed by atoms with Crippen LogP contribution in [0.25, 0.3) is 0 Å². The Hall–Kier alpha value is -3.14. The van der Waals surface area contributed by atoms with Crippen LogP contribution in [0.4, 0.5) is 27.6 Å². The van der Waals surface area contributed by atoms with Crippen LogP contribution in [0.5, 0.6) is 5.75 Å². The molecular formula is C18H10ClF5N2O3. The smallest absolute Gasteiger partial charge is 0.278 e. The van der Waals surface area contributed by atoms with E-state index in [0.717, 1.165) is 0 Å². The van der Waals surface area contributed by atoms with Gasteiger partial charge >= 0.3 is 0 Å². The molecule has 1 N–H and O–H groups in total.